The first-order valence-electron chi connectivity index (χ1n) is 8.85. The molecule has 0 aliphatic rings. The monoisotopic (exact) mass is 370 g/mol. The van der Waals surface area contributed by atoms with E-state index in [1.807, 2.05) is 31.2 Å². The average Bonchev–Trinajstić information content (AvgIpc) is 2.69. The van der Waals surface area contributed by atoms with Crippen molar-refractivity contribution < 1.29 is 14.6 Å². The number of para-hydroxylation sites is 1. The number of aromatic hydroxyl groups is 1. The van der Waals surface area contributed by atoms with E-state index in [4.69, 9.17) is 4.74 Å². The molecule has 4 N–H and O–H groups in total. The first kappa shape index (κ1) is 20.1. The molecule has 0 aliphatic carbocycles. The average molecular weight is 370 g/mol. The van der Waals surface area contributed by atoms with Gasteiger partial charge in [-0.1, -0.05) is 18.2 Å². The van der Waals surface area contributed by atoms with E-state index in [0.717, 1.165) is 17.9 Å². The van der Waals surface area contributed by atoms with Crippen LogP contribution in [0.2, 0.25) is 0 Å². The van der Waals surface area contributed by atoms with Gasteiger partial charge in [-0.05, 0) is 37.3 Å². The Balaban J connectivity index is 1.83. The molecule has 144 valence electrons. The van der Waals surface area contributed by atoms with Crippen LogP contribution in [0.1, 0.15) is 22.8 Å². The highest BCUT2D eigenvalue weighted by Gasteiger charge is 2.05. The Bertz CT molecular complexity index is 760. The maximum absolute atomic E-state index is 12.0. The fourth-order valence-corrected chi connectivity index (χ4v) is 2.41. The minimum Gasteiger partial charge on any atom is -0.508 e. The number of hydrogen-bond acceptors (Lipinski definition) is 4. The van der Waals surface area contributed by atoms with Gasteiger partial charge < -0.3 is 25.8 Å². The zero-order valence-corrected chi connectivity index (χ0v) is 15.7. The van der Waals surface area contributed by atoms with Crippen LogP contribution in [0.4, 0.5) is 0 Å². The lowest BCUT2D eigenvalue weighted by Crippen LogP contribution is -2.41. The van der Waals surface area contributed by atoms with Crippen LogP contribution in [0.5, 0.6) is 11.5 Å². The van der Waals surface area contributed by atoms with Crippen LogP contribution < -0.4 is 20.7 Å². The van der Waals surface area contributed by atoms with E-state index < -0.39 is 0 Å². The number of carbonyl (C=O) groups is 1. The van der Waals surface area contributed by atoms with Gasteiger partial charge in [-0.2, -0.15) is 0 Å². The van der Waals surface area contributed by atoms with Crippen LogP contribution in [0, 0.1) is 0 Å². The Hall–Kier alpha value is -3.22. The number of nitrogens with zero attached hydrogens (tertiary/aromatic N) is 1. The van der Waals surface area contributed by atoms with Gasteiger partial charge >= 0.3 is 0 Å². The van der Waals surface area contributed by atoms with E-state index in [2.05, 4.69) is 20.9 Å². The molecule has 0 spiro atoms. The fraction of sp³-hybridized carbons (Fsp3) is 0.300. The van der Waals surface area contributed by atoms with Gasteiger partial charge in [-0.3, -0.25) is 4.79 Å². The molecule has 0 aliphatic heterocycles. The Labute approximate surface area is 159 Å². The molecule has 7 nitrogen and oxygen atoms in total. The molecule has 7 heteroatoms. The second-order valence-electron chi connectivity index (χ2n) is 5.74. The Morgan fingerprint density at radius 2 is 1.74 bits per heavy atom. The summed E-state index contributed by atoms with van der Waals surface area (Å²) in [6, 6.07) is 13.9. The Morgan fingerprint density at radius 1 is 1.04 bits per heavy atom. The topological polar surface area (TPSA) is 95.0 Å². The lowest BCUT2D eigenvalue weighted by atomic mass is 10.2. The van der Waals surface area contributed by atoms with Gasteiger partial charge in [0.15, 0.2) is 5.96 Å². The van der Waals surface area contributed by atoms with Crippen molar-refractivity contribution in [2.45, 2.75) is 13.5 Å². The molecule has 0 bridgehead atoms. The van der Waals surface area contributed by atoms with Crippen LogP contribution in [0.3, 0.4) is 0 Å². The summed E-state index contributed by atoms with van der Waals surface area (Å²) in [5.74, 6) is 1.42. The Morgan fingerprint density at radius 3 is 2.44 bits per heavy atom. The number of carbonyl (C=O) groups excluding carboxylic acids is 1. The summed E-state index contributed by atoms with van der Waals surface area (Å²) in [6.07, 6.45) is 0. The summed E-state index contributed by atoms with van der Waals surface area (Å²) in [5, 5.41) is 18.4. The standard InChI is InChI=1S/C20H26N4O3/c1-3-21-20(24-14-16-6-4-5-7-18(16)27-2)23-13-12-22-19(26)15-8-10-17(25)11-9-15/h4-11,25H,3,12-14H2,1-2H3,(H,22,26)(H2,21,23,24). The summed E-state index contributed by atoms with van der Waals surface area (Å²) >= 11 is 0. The van der Waals surface area contributed by atoms with E-state index in [-0.39, 0.29) is 11.7 Å². The molecule has 27 heavy (non-hydrogen) atoms. The number of phenolic OH excluding ortho intramolecular Hbond substituents is 1. The van der Waals surface area contributed by atoms with Gasteiger partial charge in [-0.25, -0.2) is 4.99 Å². The van der Waals surface area contributed by atoms with Gasteiger partial charge in [0.05, 0.1) is 13.7 Å². The van der Waals surface area contributed by atoms with Gasteiger partial charge in [0.25, 0.3) is 5.91 Å². The van der Waals surface area contributed by atoms with Crippen molar-refractivity contribution in [2.75, 3.05) is 26.7 Å². The number of nitrogens with one attached hydrogen (secondary N) is 3. The van der Waals surface area contributed by atoms with E-state index in [1.165, 1.54) is 12.1 Å². The molecule has 2 aromatic rings. The highest BCUT2D eigenvalue weighted by atomic mass is 16.5. The molecule has 2 rings (SSSR count). The van der Waals surface area contributed by atoms with Crippen LogP contribution >= 0.6 is 0 Å². The zero-order valence-electron chi connectivity index (χ0n) is 15.7. The fourth-order valence-electron chi connectivity index (χ4n) is 2.41. The lowest BCUT2D eigenvalue weighted by Gasteiger charge is -2.12. The van der Waals surface area contributed by atoms with E-state index >= 15 is 0 Å². The molecular weight excluding hydrogens is 344 g/mol. The van der Waals surface area contributed by atoms with Crippen molar-refractivity contribution in [1.82, 2.24) is 16.0 Å². The van der Waals surface area contributed by atoms with E-state index in [9.17, 15) is 9.90 Å². The van der Waals surface area contributed by atoms with Crippen molar-refractivity contribution in [2.24, 2.45) is 4.99 Å². The number of methoxy groups -OCH3 is 1. The van der Waals surface area contributed by atoms with E-state index in [1.54, 1.807) is 19.2 Å². The molecule has 0 radical (unpaired) electrons. The van der Waals surface area contributed by atoms with Crippen LogP contribution in [0.25, 0.3) is 0 Å². The van der Waals surface area contributed by atoms with Crippen LogP contribution in [-0.4, -0.2) is 43.7 Å². The van der Waals surface area contributed by atoms with Gasteiger partial charge in [0.1, 0.15) is 11.5 Å². The molecule has 0 atom stereocenters. The summed E-state index contributed by atoms with van der Waals surface area (Å²) in [6.45, 7) is 4.18. The summed E-state index contributed by atoms with van der Waals surface area (Å²) in [4.78, 5) is 16.6. The number of hydrogen-bond donors (Lipinski definition) is 4. The van der Waals surface area contributed by atoms with Crippen molar-refractivity contribution >= 4 is 11.9 Å². The molecular formula is C20H26N4O3. The van der Waals surface area contributed by atoms with Crippen LogP contribution in [-0.2, 0) is 6.54 Å². The third kappa shape index (κ3) is 6.54. The largest absolute Gasteiger partial charge is 0.508 e. The zero-order chi connectivity index (χ0) is 19.5. The third-order valence-corrected chi connectivity index (χ3v) is 3.78. The molecule has 1 amide bonds. The first-order valence-corrected chi connectivity index (χ1v) is 8.85. The quantitative estimate of drug-likeness (QED) is 0.323. The number of amides is 1. The predicted octanol–water partition coefficient (Wildman–Crippen LogP) is 1.89. The number of aliphatic imine (C=N–C) groups is 1. The highest BCUT2D eigenvalue weighted by molar-refractivity contribution is 5.94. The predicted molar refractivity (Wildman–Crippen MR) is 106 cm³/mol. The van der Waals surface area contributed by atoms with Crippen molar-refractivity contribution in [3.63, 3.8) is 0 Å². The second kappa shape index (κ2) is 10.7. The summed E-state index contributed by atoms with van der Waals surface area (Å²) in [5.41, 5.74) is 1.50. The number of phenols is 1. The van der Waals surface area contributed by atoms with Crippen molar-refractivity contribution in [3.05, 3.63) is 59.7 Å². The number of rotatable bonds is 8. The highest BCUT2D eigenvalue weighted by Crippen LogP contribution is 2.17. The number of guanidine groups is 1. The smallest absolute Gasteiger partial charge is 0.251 e. The van der Waals surface area contributed by atoms with E-state index in [0.29, 0.717) is 31.2 Å². The van der Waals surface area contributed by atoms with Crippen molar-refractivity contribution in [3.8, 4) is 11.5 Å². The van der Waals surface area contributed by atoms with Crippen molar-refractivity contribution in [1.29, 1.82) is 0 Å². The maximum Gasteiger partial charge on any atom is 0.251 e. The Kier molecular flexibility index (Phi) is 7.96. The summed E-state index contributed by atoms with van der Waals surface area (Å²) < 4.78 is 5.34. The molecule has 0 fully saturated rings. The molecule has 2 aromatic carbocycles. The molecule has 0 aromatic heterocycles. The SMILES string of the molecule is CCNC(=NCc1ccccc1OC)NCCNC(=O)c1ccc(O)cc1. The second-order valence-corrected chi connectivity index (χ2v) is 5.74. The molecule has 0 heterocycles. The van der Waals surface area contributed by atoms with Gasteiger partial charge in [0.2, 0.25) is 0 Å². The molecule has 0 saturated carbocycles. The minimum absolute atomic E-state index is 0.134. The first-order chi connectivity index (χ1) is 13.1. The third-order valence-electron chi connectivity index (χ3n) is 3.78. The number of benzene rings is 2. The lowest BCUT2D eigenvalue weighted by molar-refractivity contribution is 0.0954. The number of ether oxygens (including phenoxy) is 1. The normalized spacial score (nSPS) is 11.0. The molecule has 0 unspecified atom stereocenters. The van der Waals surface area contributed by atoms with Crippen LogP contribution in [0.15, 0.2) is 53.5 Å². The van der Waals surface area contributed by atoms with Gasteiger partial charge in [-0.15, -0.1) is 0 Å². The molecule has 0 saturated heterocycles. The minimum atomic E-state index is -0.187. The van der Waals surface area contributed by atoms with Gasteiger partial charge in [0, 0.05) is 30.8 Å². The summed E-state index contributed by atoms with van der Waals surface area (Å²) in [7, 11) is 1.64. The maximum atomic E-state index is 12.0.